The van der Waals surface area contributed by atoms with Crippen molar-refractivity contribution in [1.29, 1.82) is 0 Å². The Bertz CT molecular complexity index is 1750. The predicted molar refractivity (Wildman–Crippen MR) is 190 cm³/mol. The number of ether oxygens (including phenoxy) is 2. The van der Waals surface area contributed by atoms with Gasteiger partial charge in [-0.15, -0.1) is 0 Å². The third-order valence-corrected chi connectivity index (χ3v) is 12.6. The van der Waals surface area contributed by atoms with E-state index in [0.717, 1.165) is 0 Å². The number of esters is 1. The molecule has 1 N–H and O–H groups in total. The van der Waals surface area contributed by atoms with E-state index in [1.54, 1.807) is 0 Å². The Morgan fingerprint density at radius 2 is 1.36 bits per heavy atom. The molecule has 5 atom stereocenters. The summed E-state index contributed by atoms with van der Waals surface area (Å²) in [6.07, 6.45) is -4.63. The molecule has 7 nitrogen and oxygen atoms in total. The van der Waals surface area contributed by atoms with Gasteiger partial charge in [0.25, 0.3) is 0 Å². The van der Waals surface area contributed by atoms with Gasteiger partial charge in [0, 0.05) is 0 Å². The smallest absolute Gasteiger partial charge is 0.416 e. The lowest BCUT2D eigenvalue weighted by atomic mass is 9.79. The number of hydrogen-bond acceptors (Lipinski definition) is 7. The molecular weight excluding hydrogens is 740 g/mol. The number of fused-ring (bicyclic) bond motifs is 2. The third-order valence-electron chi connectivity index (χ3n) is 9.53. The molecule has 0 aromatic heterocycles. The first-order chi connectivity index (χ1) is 24.5. The van der Waals surface area contributed by atoms with E-state index in [-0.39, 0.29) is 22.2 Å². The second-order valence-corrected chi connectivity index (χ2v) is 18.3. The number of benzene rings is 3. The molecule has 0 radical (unpaired) electrons. The van der Waals surface area contributed by atoms with Crippen LogP contribution in [0, 0.1) is 17.8 Å². The molecule has 2 aliphatic carbocycles. The van der Waals surface area contributed by atoms with Crippen LogP contribution in [-0.2, 0) is 40.7 Å². The van der Waals surface area contributed by atoms with E-state index in [2.05, 4.69) is 117 Å². The SMILES string of the molecule is C=C(COCC(F)(F)S(=O)(=O)[O-])C(=O)OC1CC2CC(CC(C)(O)C(F)(F)F)C1C2.CC(C)(C)c1ccc([S+](c2ccccc2)c2ccccc2)cc1. The minimum atomic E-state index is -5.93. The number of carbonyl (C=O) groups excluding carboxylic acids is 1. The summed E-state index contributed by atoms with van der Waals surface area (Å²) >= 11 is 0. The van der Waals surface area contributed by atoms with Crippen LogP contribution in [0.3, 0.4) is 0 Å². The quantitative estimate of drug-likeness (QED) is 0.0645. The second kappa shape index (κ2) is 16.6. The Morgan fingerprint density at radius 1 is 0.849 bits per heavy atom. The van der Waals surface area contributed by atoms with Gasteiger partial charge in [-0.2, -0.15) is 22.0 Å². The van der Waals surface area contributed by atoms with E-state index in [4.69, 9.17) is 4.74 Å². The van der Waals surface area contributed by atoms with Crippen molar-refractivity contribution in [2.45, 2.75) is 96.6 Å². The zero-order chi connectivity index (χ0) is 39.4. The Labute approximate surface area is 310 Å². The Kier molecular flexibility index (Phi) is 13.3. The summed E-state index contributed by atoms with van der Waals surface area (Å²) in [5.74, 6) is -1.89. The van der Waals surface area contributed by atoms with Crippen molar-refractivity contribution < 1.29 is 54.3 Å². The standard InChI is InChI=1S/C22H23S.C17H23F5O7S/c1-22(2,3)18-14-16-21(17-15-18)23(19-10-6-4-7-11-19)20-12-8-5-9-13-20;1-9(7-28-8-16(18,19)30(25,26)27)14(23)29-13-5-10-3-11(12(13)4-10)6-15(2,24)17(20,21)22/h4-17H,1-3H3;10-13,24H,1,3-8H2,2H3,(H,25,26,27)/q+1;/p-1. The fraction of sp³-hybridized carbons (Fsp3) is 0.462. The maximum Gasteiger partial charge on any atom is 0.416 e. The summed E-state index contributed by atoms with van der Waals surface area (Å²) < 4.78 is 106. The first-order valence-corrected chi connectivity index (χ1v) is 19.7. The zero-order valence-electron chi connectivity index (χ0n) is 29.9. The molecule has 3 aromatic carbocycles. The average Bonchev–Trinajstić information content (AvgIpc) is 3.64. The van der Waals surface area contributed by atoms with Crippen molar-refractivity contribution in [2.75, 3.05) is 13.2 Å². The Balaban J connectivity index is 0.000000244. The van der Waals surface area contributed by atoms with Crippen LogP contribution < -0.4 is 0 Å². The second-order valence-electron chi connectivity index (χ2n) is 14.8. The highest BCUT2D eigenvalue weighted by Gasteiger charge is 2.56. The van der Waals surface area contributed by atoms with Crippen LogP contribution in [-0.4, -0.2) is 60.4 Å². The van der Waals surface area contributed by atoms with Gasteiger partial charge in [0.2, 0.25) is 0 Å². The van der Waals surface area contributed by atoms with Crippen molar-refractivity contribution in [3.05, 3.63) is 103 Å². The molecule has 2 bridgehead atoms. The molecule has 290 valence electrons. The van der Waals surface area contributed by atoms with E-state index >= 15 is 0 Å². The summed E-state index contributed by atoms with van der Waals surface area (Å²) in [4.78, 5) is 16.2. The van der Waals surface area contributed by atoms with E-state index in [1.165, 1.54) is 20.2 Å². The monoisotopic (exact) mass is 784 g/mol. The fourth-order valence-electron chi connectivity index (χ4n) is 6.68. The molecule has 0 saturated heterocycles. The van der Waals surface area contributed by atoms with Gasteiger partial charge < -0.3 is 19.1 Å². The molecule has 2 saturated carbocycles. The number of carbonyl (C=O) groups is 1. The lowest BCUT2D eigenvalue weighted by Gasteiger charge is -2.35. The van der Waals surface area contributed by atoms with Crippen LogP contribution in [0.1, 0.15) is 58.9 Å². The number of halogens is 5. The molecule has 5 unspecified atom stereocenters. The number of rotatable bonds is 12. The minimum absolute atomic E-state index is 0.0345. The van der Waals surface area contributed by atoms with E-state index in [1.807, 2.05) is 0 Å². The summed E-state index contributed by atoms with van der Waals surface area (Å²) in [5.41, 5.74) is -1.72. The fourth-order valence-corrected chi connectivity index (χ4v) is 8.99. The summed E-state index contributed by atoms with van der Waals surface area (Å²) in [7, 11) is -5.98. The largest absolute Gasteiger partial charge is 0.743 e. The Morgan fingerprint density at radius 3 is 1.81 bits per heavy atom. The lowest BCUT2D eigenvalue weighted by Crippen LogP contribution is -2.45. The van der Waals surface area contributed by atoms with Crippen LogP contribution in [0.4, 0.5) is 22.0 Å². The van der Waals surface area contributed by atoms with Crippen molar-refractivity contribution in [3.63, 3.8) is 0 Å². The summed E-state index contributed by atoms with van der Waals surface area (Å²) in [6, 6.07) is 30.7. The van der Waals surface area contributed by atoms with Gasteiger partial charge in [-0.1, -0.05) is 75.9 Å². The van der Waals surface area contributed by atoms with E-state index in [0.29, 0.717) is 26.2 Å². The molecule has 0 aliphatic heterocycles. The van der Waals surface area contributed by atoms with E-state index < -0.39 is 76.3 Å². The Hall–Kier alpha value is -3.30. The molecule has 14 heteroatoms. The normalized spacial score (nSPS) is 21.4. The summed E-state index contributed by atoms with van der Waals surface area (Å²) in [6.45, 7) is 8.17. The van der Waals surface area contributed by atoms with Crippen molar-refractivity contribution in [2.24, 2.45) is 17.8 Å². The van der Waals surface area contributed by atoms with Gasteiger partial charge in [0.1, 0.15) is 12.7 Å². The first-order valence-electron chi connectivity index (χ1n) is 17.0. The van der Waals surface area contributed by atoms with Crippen LogP contribution >= 0.6 is 0 Å². The molecule has 2 aliphatic rings. The van der Waals surface area contributed by atoms with Crippen LogP contribution in [0.5, 0.6) is 0 Å². The maximum absolute atomic E-state index is 13.0. The first kappa shape index (κ1) is 42.4. The van der Waals surface area contributed by atoms with Crippen LogP contribution in [0.15, 0.2) is 112 Å². The lowest BCUT2D eigenvalue weighted by molar-refractivity contribution is -0.260. The van der Waals surface area contributed by atoms with Crippen molar-refractivity contribution >= 4 is 27.0 Å². The van der Waals surface area contributed by atoms with Gasteiger partial charge in [-0.05, 0) is 97.7 Å². The third kappa shape index (κ3) is 10.9. The number of hydrogen-bond donors (Lipinski definition) is 1. The topological polar surface area (TPSA) is 113 Å². The van der Waals surface area contributed by atoms with Gasteiger partial charge >= 0.3 is 17.4 Å². The minimum Gasteiger partial charge on any atom is -0.743 e. The maximum atomic E-state index is 13.0. The molecule has 53 heavy (non-hydrogen) atoms. The molecule has 0 heterocycles. The van der Waals surface area contributed by atoms with Gasteiger partial charge in [0.15, 0.2) is 30.4 Å². The highest BCUT2D eigenvalue weighted by molar-refractivity contribution is 7.97. The molecule has 0 spiro atoms. The highest BCUT2D eigenvalue weighted by Crippen LogP contribution is 2.53. The van der Waals surface area contributed by atoms with Crippen molar-refractivity contribution in [3.8, 4) is 0 Å². The van der Waals surface area contributed by atoms with Crippen molar-refractivity contribution in [1.82, 2.24) is 0 Å². The summed E-state index contributed by atoms with van der Waals surface area (Å²) in [5, 5.41) is 5.05. The van der Waals surface area contributed by atoms with E-state index in [9.17, 15) is 44.8 Å². The predicted octanol–water partition coefficient (Wildman–Crippen LogP) is 8.44. The highest BCUT2D eigenvalue weighted by atomic mass is 32.2. The van der Waals surface area contributed by atoms with Crippen LogP contribution in [0.2, 0.25) is 0 Å². The molecule has 0 amide bonds. The molecule has 5 rings (SSSR count). The molecular formula is C39H45F5O7S2. The zero-order valence-corrected chi connectivity index (χ0v) is 31.6. The number of alkyl halides is 5. The van der Waals surface area contributed by atoms with Gasteiger partial charge in [-0.3, -0.25) is 0 Å². The number of aliphatic hydroxyl groups is 1. The molecule has 3 aromatic rings. The average molecular weight is 785 g/mol. The molecule has 2 fully saturated rings. The van der Waals surface area contributed by atoms with Crippen LogP contribution in [0.25, 0.3) is 0 Å². The van der Waals surface area contributed by atoms with Gasteiger partial charge in [-0.25, -0.2) is 13.2 Å². The van der Waals surface area contributed by atoms with Gasteiger partial charge in [0.05, 0.1) is 23.1 Å².